The van der Waals surface area contributed by atoms with Crippen molar-refractivity contribution in [3.63, 3.8) is 0 Å². The Balaban J connectivity index is 1.44. The number of H-pyrrole nitrogens is 1. The zero-order chi connectivity index (χ0) is 17.2. The van der Waals surface area contributed by atoms with E-state index in [2.05, 4.69) is 15.1 Å². The van der Waals surface area contributed by atoms with Gasteiger partial charge in [0.25, 0.3) is 0 Å². The Kier molecular flexibility index (Phi) is 3.95. The molecule has 0 bridgehead atoms. The summed E-state index contributed by atoms with van der Waals surface area (Å²) in [4.78, 5) is 19.2. The highest BCUT2D eigenvalue weighted by atomic mass is 35.5. The second-order valence-electron chi connectivity index (χ2n) is 5.40. The van der Waals surface area contributed by atoms with Gasteiger partial charge in [0.05, 0.1) is 22.9 Å². The third kappa shape index (κ3) is 3.25. The minimum absolute atomic E-state index is 0.0247. The number of nitrogens with one attached hydrogen (secondary N) is 1. The molecule has 0 atom stereocenters. The lowest BCUT2D eigenvalue weighted by Crippen LogP contribution is -2.05. The minimum atomic E-state index is -0.437. The summed E-state index contributed by atoms with van der Waals surface area (Å²) in [6.45, 7) is 0.0247. The monoisotopic (exact) mass is 353 g/mol. The Morgan fingerprint density at radius 2 is 2.00 bits per heavy atom. The van der Waals surface area contributed by atoms with Crippen LogP contribution in [0.1, 0.15) is 16.1 Å². The fourth-order valence-corrected chi connectivity index (χ4v) is 2.54. The second-order valence-corrected chi connectivity index (χ2v) is 5.84. The van der Waals surface area contributed by atoms with Gasteiger partial charge in [-0.25, -0.2) is 9.78 Å². The number of ether oxygens (including phenoxy) is 1. The normalized spacial score (nSPS) is 10.9. The summed E-state index contributed by atoms with van der Waals surface area (Å²) in [5.41, 5.74) is 3.39. The summed E-state index contributed by atoms with van der Waals surface area (Å²) in [6.07, 6.45) is 1.58. The minimum Gasteiger partial charge on any atom is -0.455 e. The fourth-order valence-electron chi connectivity index (χ4n) is 2.42. The van der Waals surface area contributed by atoms with Gasteiger partial charge in [-0.1, -0.05) is 16.8 Å². The number of hydrogen-bond donors (Lipinski definition) is 1. The van der Waals surface area contributed by atoms with Gasteiger partial charge in [0.15, 0.2) is 5.76 Å². The topological polar surface area (TPSA) is 81.0 Å². The Labute approximate surface area is 147 Å². The Bertz CT molecular complexity index is 1040. The van der Waals surface area contributed by atoms with Crippen LogP contribution in [0.15, 0.2) is 59.4 Å². The molecule has 124 valence electrons. The second kappa shape index (κ2) is 6.41. The van der Waals surface area contributed by atoms with Gasteiger partial charge in [-0.15, -0.1) is 0 Å². The van der Waals surface area contributed by atoms with Crippen molar-refractivity contribution in [2.75, 3.05) is 0 Å². The van der Waals surface area contributed by atoms with Crippen LogP contribution in [0.25, 0.3) is 22.4 Å². The first-order valence-electron chi connectivity index (χ1n) is 7.51. The molecule has 2 aromatic heterocycles. The molecule has 0 aliphatic rings. The lowest BCUT2D eigenvalue weighted by atomic mass is 10.1. The van der Waals surface area contributed by atoms with Crippen molar-refractivity contribution in [2.24, 2.45) is 0 Å². The van der Waals surface area contributed by atoms with Gasteiger partial charge in [-0.3, -0.25) is 0 Å². The predicted octanol–water partition coefficient (Wildman–Crippen LogP) is 4.23. The number of aromatic nitrogens is 3. The SMILES string of the molecule is O=C(OCc1cc(-c2ccc(Cl)cc2)on1)c1ccc2nc[nH]c2c1. The lowest BCUT2D eigenvalue weighted by molar-refractivity contribution is 0.0464. The van der Waals surface area contributed by atoms with E-state index in [0.29, 0.717) is 22.0 Å². The largest absolute Gasteiger partial charge is 0.455 e. The first-order chi connectivity index (χ1) is 12.2. The van der Waals surface area contributed by atoms with Gasteiger partial charge in [0.2, 0.25) is 0 Å². The maximum Gasteiger partial charge on any atom is 0.338 e. The smallest absolute Gasteiger partial charge is 0.338 e. The number of benzene rings is 2. The van der Waals surface area contributed by atoms with Gasteiger partial charge >= 0.3 is 5.97 Å². The molecule has 0 unspecified atom stereocenters. The first kappa shape index (κ1) is 15.4. The van der Waals surface area contributed by atoms with E-state index in [1.165, 1.54) is 0 Å². The summed E-state index contributed by atoms with van der Waals surface area (Å²) in [5.74, 6) is 0.147. The highest BCUT2D eigenvalue weighted by Crippen LogP contribution is 2.22. The Morgan fingerprint density at radius 3 is 2.84 bits per heavy atom. The summed E-state index contributed by atoms with van der Waals surface area (Å²) in [6, 6.07) is 14.1. The van der Waals surface area contributed by atoms with Gasteiger partial charge in [0, 0.05) is 16.7 Å². The lowest BCUT2D eigenvalue weighted by Gasteiger charge is -2.02. The summed E-state index contributed by atoms with van der Waals surface area (Å²) < 4.78 is 10.6. The highest BCUT2D eigenvalue weighted by molar-refractivity contribution is 6.30. The Morgan fingerprint density at radius 1 is 1.16 bits per heavy atom. The van der Waals surface area contributed by atoms with Crippen LogP contribution in [0.3, 0.4) is 0 Å². The van der Waals surface area contributed by atoms with E-state index < -0.39 is 5.97 Å². The van der Waals surface area contributed by atoms with Crippen molar-refractivity contribution < 1.29 is 14.1 Å². The summed E-state index contributed by atoms with van der Waals surface area (Å²) in [7, 11) is 0. The highest BCUT2D eigenvalue weighted by Gasteiger charge is 2.12. The molecule has 0 saturated carbocycles. The van der Waals surface area contributed by atoms with Crippen molar-refractivity contribution in [1.29, 1.82) is 0 Å². The average Bonchev–Trinajstić information content (AvgIpc) is 3.29. The molecule has 0 fully saturated rings. The molecular weight excluding hydrogens is 342 g/mol. The predicted molar refractivity (Wildman–Crippen MR) is 92.2 cm³/mol. The molecule has 25 heavy (non-hydrogen) atoms. The number of nitrogens with zero attached hydrogens (tertiary/aromatic N) is 2. The van der Waals surface area contributed by atoms with E-state index in [0.717, 1.165) is 16.6 Å². The molecule has 4 aromatic rings. The van der Waals surface area contributed by atoms with E-state index in [9.17, 15) is 4.79 Å². The van der Waals surface area contributed by atoms with Crippen molar-refractivity contribution in [2.45, 2.75) is 6.61 Å². The maximum atomic E-state index is 12.2. The van der Waals surface area contributed by atoms with Crippen LogP contribution in [0.2, 0.25) is 5.02 Å². The van der Waals surface area contributed by atoms with E-state index in [1.807, 2.05) is 12.1 Å². The standard InChI is InChI=1S/C18H12ClN3O3/c19-13-4-1-11(2-5-13)17-8-14(22-25-17)9-24-18(23)12-3-6-15-16(7-12)21-10-20-15/h1-8,10H,9H2,(H,20,21). The summed E-state index contributed by atoms with van der Waals surface area (Å²) in [5, 5.41) is 4.57. The first-order valence-corrected chi connectivity index (χ1v) is 7.88. The van der Waals surface area contributed by atoms with Crippen molar-refractivity contribution in [3.8, 4) is 11.3 Å². The number of hydrogen-bond acceptors (Lipinski definition) is 5. The molecule has 4 rings (SSSR count). The molecule has 7 heteroatoms. The number of carbonyl (C=O) groups is 1. The van der Waals surface area contributed by atoms with E-state index in [-0.39, 0.29) is 6.61 Å². The third-order valence-corrected chi connectivity index (χ3v) is 3.95. The number of esters is 1. The van der Waals surface area contributed by atoms with Crippen LogP contribution >= 0.6 is 11.6 Å². The van der Waals surface area contributed by atoms with Crippen molar-refractivity contribution >= 4 is 28.6 Å². The van der Waals surface area contributed by atoms with Crippen LogP contribution in [-0.2, 0) is 11.3 Å². The number of halogens is 1. The van der Waals surface area contributed by atoms with Crippen LogP contribution in [0, 0.1) is 0 Å². The maximum absolute atomic E-state index is 12.2. The van der Waals surface area contributed by atoms with E-state index in [1.54, 1.807) is 42.7 Å². The van der Waals surface area contributed by atoms with Gasteiger partial charge in [-0.2, -0.15) is 0 Å². The molecule has 2 heterocycles. The van der Waals surface area contributed by atoms with Crippen LogP contribution < -0.4 is 0 Å². The number of fused-ring (bicyclic) bond motifs is 1. The molecular formula is C18H12ClN3O3. The zero-order valence-electron chi connectivity index (χ0n) is 12.9. The molecule has 0 aliphatic heterocycles. The van der Waals surface area contributed by atoms with Gasteiger partial charge in [0.1, 0.15) is 12.3 Å². The molecule has 0 saturated heterocycles. The van der Waals surface area contributed by atoms with Crippen molar-refractivity contribution in [1.82, 2.24) is 15.1 Å². The molecule has 6 nitrogen and oxygen atoms in total. The van der Waals surface area contributed by atoms with E-state index >= 15 is 0 Å². The molecule has 0 radical (unpaired) electrons. The van der Waals surface area contributed by atoms with Crippen LogP contribution in [0.5, 0.6) is 0 Å². The molecule has 1 N–H and O–H groups in total. The number of imidazole rings is 1. The molecule has 0 spiro atoms. The van der Waals surface area contributed by atoms with Gasteiger partial charge < -0.3 is 14.2 Å². The molecule has 2 aromatic carbocycles. The van der Waals surface area contributed by atoms with Crippen LogP contribution in [-0.4, -0.2) is 21.1 Å². The number of rotatable bonds is 4. The average molecular weight is 354 g/mol. The number of carbonyl (C=O) groups excluding carboxylic acids is 1. The number of aromatic amines is 1. The Hall–Kier alpha value is -3.12. The van der Waals surface area contributed by atoms with Crippen molar-refractivity contribution in [3.05, 3.63) is 71.1 Å². The van der Waals surface area contributed by atoms with Gasteiger partial charge in [-0.05, 0) is 42.5 Å². The summed E-state index contributed by atoms with van der Waals surface area (Å²) >= 11 is 5.87. The third-order valence-electron chi connectivity index (χ3n) is 3.69. The van der Waals surface area contributed by atoms with E-state index in [4.69, 9.17) is 20.9 Å². The molecule has 0 aliphatic carbocycles. The fraction of sp³-hybridized carbons (Fsp3) is 0.0556. The molecule has 0 amide bonds. The van der Waals surface area contributed by atoms with Crippen LogP contribution in [0.4, 0.5) is 0 Å². The zero-order valence-corrected chi connectivity index (χ0v) is 13.7. The quantitative estimate of drug-likeness (QED) is 0.555.